The lowest BCUT2D eigenvalue weighted by atomic mass is 9.91. The van der Waals surface area contributed by atoms with E-state index >= 15 is 0 Å². The number of rotatable bonds is 11. The minimum Gasteiger partial charge on any atom is -0.306 e. The fourth-order valence-electron chi connectivity index (χ4n) is 2.53. The zero-order valence-corrected chi connectivity index (χ0v) is 13.0. The molecule has 0 radical (unpaired) electrons. The Balaban J connectivity index is 2.22. The third-order valence-corrected chi connectivity index (χ3v) is 4.16. The van der Waals surface area contributed by atoms with Crippen molar-refractivity contribution in [3.05, 3.63) is 0 Å². The molecular weight excluding hydrogens is 234 g/mol. The van der Waals surface area contributed by atoms with Crippen molar-refractivity contribution in [1.29, 1.82) is 5.26 Å². The van der Waals surface area contributed by atoms with Gasteiger partial charge in [0, 0.05) is 6.04 Å². The molecule has 0 aromatic carbocycles. The van der Waals surface area contributed by atoms with Gasteiger partial charge in [-0.05, 0) is 58.7 Å². The third kappa shape index (κ3) is 6.40. The van der Waals surface area contributed by atoms with Gasteiger partial charge in [0.2, 0.25) is 0 Å². The summed E-state index contributed by atoms with van der Waals surface area (Å²) in [6.45, 7) is 6.67. The summed E-state index contributed by atoms with van der Waals surface area (Å²) in [5, 5.41) is 13.0. The first-order chi connectivity index (χ1) is 9.15. The van der Waals surface area contributed by atoms with Crippen LogP contribution >= 0.6 is 0 Å². The first kappa shape index (κ1) is 16.5. The van der Waals surface area contributed by atoms with Gasteiger partial charge in [0.15, 0.2) is 0 Å². The number of nitrogens with one attached hydrogen (secondary N) is 1. The lowest BCUT2D eigenvalue weighted by Gasteiger charge is -2.27. The monoisotopic (exact) mass is 265 g/mol. The Morgan fingerprint density at radius 3 is 2.42 bits per heavy atom. The van der Waals surface area contributed by atoms with Crippen LogP contribution in [0.4, 0.5) is 0 Å². The minimum absolute atomic E-state index is 0.272. The fourth-order valence-corrected chi connectivity index (χ4v) is 2.53. The second-order valence-electron chi connectivity index (χ2n) is 6.08. The van der Waals surface area contributed by atoms with E-state index in [-0.39, 0.29) is 5.54 Å². The van der Waals surface area contributed by atoms with Gasteiger partial charge in [0.1, 0.15) is 5.54 Å². The minimum atomic E-state index is -0.272. The molecule has 1 atom stereocenters. The van der Waals surface area contributed by atoms with E-state index in [1.807, 2.05) is 0 Å². The van der Waals surface area contributed by atoms with Gasteiger partial charge in [0.05, 0.1) is 6.07 Å². The van der Waals surface area contributed by atoms with Crippen molar-refractivity contribution in [1.82, 2.24) is 10.2 Å². The SMILES string of the molecule is CCCCCN(C)CCCC(C#N)(CC)NC1CC1. The quantitative estimate of drug-likeness (QED) is 0.583. The summed E-state index contributed by atoms with van der Waals surface area (Å²) in [6.07, 6.45) is 9.42. The average Bonchev–Trinajstić information content (AvgIpc) is 3.22. The summed E-state index contributed by atoms with van der Waals surface area (Å²) in [5.74, 6) is 0. The molecule has 1 unspecified atom stereocenters. The molecule has 1 fully saturated rings. The molecule has 1 N–H and O–H groups in total. The van der Waals surface area contributed by atoms with Crippen molar-refractivity contribution in [2.24, 2.45) is 0 Å². The summed E-state index contributed by atoms with van der Waals surface area (Å²) in [7, 11) is 2.20. The highest BCUT2D eigenvalue weighted by atomic mass is 15.1. The Morgan fingerprint density at radius 2 is 1.89 bits per heavy atom. The van der Waals surface area contributed by atoms with Crippen LogP contribution < -0.4 is 5.32 Å². The van der Waals surface area contributed by atoms with Crippen LogP contribution in [0.25, 0.3) is 0 Å². The molecule has 0 heterocycles. The van der Waals surface area contributed by atoms with Crippen molar-refractivity contribution in [3.8, 4) is 6.07 Å². The molecule has 3 nitrogen and oxygen atoms in total. The standard InChI is InChI=1S/C16H31N3/c1-4-6-7-12-19(3)13-8-11-16(5-2,14-17)18-15-9-10-15/h15,18H,4-13H2,1-3H3. The summed E-state index contributed by atoms with van der Waals surface area (Å²) in [5.41, 5.74) is -0.272. The number of nitriles is 1. The van der Waals surface area contributed by atoms with E-state index in [0.717, 1.165) is 25.8 Å². The lowest BCUT2D eigenvalue weighted by Crippen LogP contribution is -2.45. The van der Waals surface area contributed by atoms with Gasteiger partial charge in [-0.15, -0.1) is 0 Å². The molecule has 1 rings (SSSR count). The van der Waals surface area contributed by atoms with Crippen molar-refractivity contribution in [2.75, 3.05) is 20.1 Å². The molecule has 3 heteroatoms. The predicted molar refractivity (Wildman–Crippen MR) is 81.0 cm³/mol. The van der Waals surface area contributed by atoms with Gasteiger partial charge in [-0.2, -0.15) is 5.26 Å². The average molecular weight is 265 g/mol. The summed E-state index contributed by atoms with van der Waals surface area (Å²) < 4.78 is 0. The molecule has 0 saturated heterocycles. The third-order valence-electron chi connectivity index (χ3n) is 4.16. The smallest absolute Gasteiger partial charge is 0.106 e. The topological polar surface area (TPSA) is 39.1 Å². The molecule has 0 amide bonds. The Hall–Kier alpha value is -0.590. The molecule has 1 aliphatic rings. The summed E-state index contributed by atoms with van der Waals surface area (Å²) in [6, 6.07) is 3.15. The molecule has 1 aliphatic carbocycles. The van der Waals surface area contributed by atoms with Crippen molar-refractivity contribution in [3.63, 3.8) is 0 Å². The predicted octanol–water partition coefficient (Wildman–Crippen LogP) is 3.31. The summed E-state index contributed by atoms with van der Waals surface area (Å²) >= 11 is 0. The lowest BCUT2D eigenvalue weighted by molar-refractivity contribution is 0.288. The maximum absolute atomic E-state index is 9.47. The highest BCUT2D eigenvalue weighted by molar-refractivity contribution is 5.09. The van der Waals surface area contributed by atoms with Crippen molar-refractivity contribution >= 4 is 0 Å². The number of unbranched alkanes of at least 4 members (excludes halogenated alkanes) is 2. The molecular formula is C16H31N3. The van der Waals surface area contributed by atoms with Gasteiger partial charge < -0.3 is 4.90 Å². The van der Waals surface area contributed by atoms with E-state index in [4.69, 9.17) is 0 Å². The first-order valence-corrected chi connectivity index (χ1v) is 8.03. The first-order valence-electron chi connectivity index (χ1n) is 8.03. The maximum atomic E-state index is 9.47. The van der Waals surface area contributed by atoms with Crippen LogP contribution in [0.2, 0.25) is 0 Å². The van der Waals surface area contributed by atoms with Crippen LogP contribution in [-0.2, 0) is 0 Å². The molecule has 0 aromatic rings. The van der Waals surface area contributed by atoms with E-state index in [1.54, 1.807) is 0 Å². The van der Waals surface area contributed by atoms with E-state index in [0.29, 0.717) is 6.04 Å². The summed E-state index contributed by atoms with van der Waals surface area (Å²) in [4.78, 5) is 2.41. The zero-order chi connectivity index (χ0) is 14.1. The molecule has 0 aliphatic heterocycles. The second kappa shape index (κ2) is 8.55. The molecule has 19 heavy (non-hydrogen) atoms. The van der Waals surface area contributed by atoms with Crippen LogP contribution in [0, 0.1) is 11.3 Å². The Kier molecular flexibility index (Phi) is 7.41. The zero-order valence-electron chi connectivity index (χ0n) is 13.0. The van der Waals surface area contributed by atoms with Crippen molar-refractivity contribution < 1.29 is 0 Å². The maximum Gasteiger partial charge on any atom is 0.106 e. The van der Waals surface area contributed by atoms with E-state index < -0.39 is 0 Å². The normalized spacial score (nSPS) is 18.3. The second-order valence-corrected chi connectivity index (χ2v) is 6.08. The van der Waals surface area contributed by atoms with E-state index in [2.05, 4.69) is 37.2 Å². The molecule has 0 spiro atoms. The van der Waals surface area contributed by atoms with E-state index in [9.17, 15) is 5.26 Å². The van der Waals surface area contributed by atoms with Gasteiger partial charge in [-0.25, -0.2) is 0 Å². The van der Waals surface area contributed by atoms with Crippen LogP contribution in [0.15, 0.2) is 0 Å². The highest BCUT2D eigenvalue weighted by Gasteiger charge is 2.34. The number of hydrogen-bond donors (Lipinski definition) is 1. The van der Waals surface area contributed by atoms with Crippen LogP contribution in [-0.4, -0.2) is 36.6 Å². The van der Waals surface area contributed by atoms with Gasteiger partial charge >= 0.3 is 0 Å². The Bertz CT molecular complexity index is 280. The Labute approximate surface area is 119 Å². The molecule has 1 saturated carbocycles. The van der Waals surface area contributed by atoms with Crippen LogP contribution in [0.1, 0.15) is 65.2 Å². The highest BCUT2D eigenvalue weighted by Crippen LogP contribution is 2.26. The fraction of sp³-hybridized carbons (Fsp3) is 0.938. The van der Waals surface area contributed by atoms with E-state index in [1.165, 1.54) is 38.6 Å². The van der Waals surface area contributed by atoms with Crippen LogP contribution in [0.5, 0.6) is 0 Å². The number of hydrogen-bond acceptors (Lipinski definition) is 3. The Morgan fingerprint density at radius 1 is 1.21 bits per heavy atom. The molecule has 110 valence electrons. The van der Waals surface area contributed by atoms with Gasteiger partial charge in [-0.3, -0.25) is 5.32 Å². The molecule has 0 bridgehead atoms. The number of nitrogens with zero attached hydrogens (tertiary/aromatic N) is 2. The van der Waals surface area contributed by atoms with Crippen molar-refractivity contribution in [2.45, 2.75) is 76.8 Å². The van der Waals surface area contributed by atoms with Crippen LogP contribution in [0.3, 0.4) is 0 Å². The van der Waals surface area contributed by atoms with Gasteiger partial charge in [0.25, 0.3) is 0 Å². The van der Waals surface area contributed by atoms with Gasteiger partial charge in [-0.1, -0.05) is 26.7 Å². The largest absolute Gasteiger partial charge is 0.306 e. The molecule has 0 aromatic heterocycles.